The first kappa shape index (κ1) is 17.7. The molecule has 2 aliphatic heterocycles. The van der Waals surface area contributed by atoms with Crippen molar-refractivity contribution < 1.29 is 9.59 Å². The lowest BCUT2D eigenvalue weighted by Gasteiger charge is -2.37. The predicted octanol–water partition coefficient (Wildman–Crippen LogP) is 4.55. The summed E-state index contributed by atoms with van der Waals surface area (Å²) in [6.45, 7) is 1.62. The van der Waals surface area contributed by atoms with Crippen molar-refractivity contribution >= 4 is 22.7 Å². The van der Waals surface area contributed by atoms with Crippen molar-refractivity contribution in [3.63, 3.8) is 0 Å². The lowest BCUT2D eigenvalue weighted by Crippen LogP contribution is -2.42. The number of hydrogen-bond acceptors (Lipinski definition) is 4. The second-order valence-electron chi connectivity index (χ2n) is 8.73. The van der Waals surface area contributed by atoms with E-state index in [0.717, 1.165) is 44.3 Å². The molecule has 2 aromatic rings. The first-order valence-electron chi connectivity index (χ1n) is 10.6. The standard InChI is InChI=1S/C25H23NO2S/c27-23-13-19-14-26(10-9-22(19)29-23)24(25(28)15-5-6-15)17-7-8-21-18(12-17)11-16-3-1-2-4-20(16)21/h1-4,7-8,12-13,15,22,24H,5-6,9-11,14H2. The van der Waals surface area contributed by atoms with E-state index >= 15 is 0 Å². The number of hydrogen-bond donors (Lipinski definition) is 0. The number of rotatable bonds is 4. The highest BCUT2D eigenvalue weighted by atomic mass is 32.2. The number of ketones is 1. The minimum atomic E-state index is -0.181. The Hall–Kier alpha value is -2.17. The highest BCUT2D eigenvalue weighted by molar-refractivity contribution is 8.15. The van der Waals surface area contributed by atoms with Crippen molar-refractivity contribution in [3.05, 3.63) is 70.8 Å². The topological polar surface area (TPSA) is 37.4 Å². The summed E-state index contributed by atoms with van der Waals surface area (Å²) in [5.41, 5.74) is 7.67. The van der Waals surface area contributed by atoms with E-state index < -0.39 is 0 Å². The third-order valence-corrected chi connectivity index (χ3v) is 7.96. The van der Waals surface area contributed by atoms with Crippen LogP contribution in [0.3, 0.4) is 0 Å². The summed E-state index contributed by atoms with van der Waals surface area (Å²) in [6.07, 6.45) is 5.76. The van der Waals surface area contributed by atoms with Crippen LogP contribution in [0.4, 0.5) is 0 Å². The van der Waals surface area contributed by atoms with E-state index in [0.29, 0.717) is 11.0 Å². The van der Waals surface area contributed by atoms with E-state index in [1.54, 1.807) is 6.08 Å². The van der Waals surface area contributed by atoms with Gasteiger partial charge in [0.15, 0.2) is 5.78 Å². The zero-order chi connectivity index (χ0) is 19.5. The minimum absolute atomic E-state index is 0.173. The van der Waals surface area contributed by atoms with Crippen LogP contribution in [0.2, 0.25) is 0 Å². The molecular formula is C25H23NO2S. The number of likely N-dealkylation sites (tertiary alicyclic amines) is 1. The number of carbonyl (C=O) groups excluding carboxylic acids is 2. The fraction of sp³-hybridized carbons (Fsp3) is 0.360. The van der Waals surface area contributed by atoms with E-state index in [9.17, 15) is 9.59 Å². The second-order valence-corrected chi connectivity index (χ2v) is 9.94. The van der Waals surface area contributed by atoms with Crippen molar-refractivity contribution in [3.8, 4) is 11.1 Å². The zero-order valence-corrected chi connectivity index (χ0v) is 17.1. The fourth-order valence-electron chi connectivity index (χ4n) is 5.18. The third kappa shape index (κ3) is 3.01. The molecule has 2 atom stereocenters. The predicted molar refractivity (Wildman–Crippen MR) is 116 cm³/mol. The average molecular weight is 402 g/mol. The van der Waals surface area contributed by atoms with Gasteiger partial charge in [-0.2, -0.15) is 0 Å². The van der Waals surface area contributed by atoms with Gasteiger partial charge in [-0.3, -0.25) is 14.5 Å². The van der Waals surface area contributed by atoms with Crippen LogP contribution in [0, 0.1) is 5.92 Å². The molecule has 0 bridgehead atoms. The van der Waals surface area contributed by atoms with Crippen LogP contribution in [0.15, 0.2) is 54.1 Å². The van der Waals surface area contributed by atoms with Gasteiger partial charge in [0.05, 0.1) is 6.04 Å². The van der Waals surface area contributed by atoms with Crippen LogP contribution >= 0.6 is 11.8 Å². The van der Waals surface area contributed by atoms with Gasteiger partial charge in [0.1, 0.15) is 0 Å². The van der Waals surface area contributed by atoms with E-state index in [1.807, 2.05) is 0 Å². The van der Waals surface area contributed by atoms with Gasteiger partial charge in [-0.1, -0.05) is 54.2 Å². The smallest absolute Gasteiger partial charge is 0.212 e. The third-order valence-electron chi connectivity index (χ3n) is 6.79. The molecule has 2 heterocycles. The molecule has 0 N–H and O–H groups in total. The maximum absolute atomic E-state index is 13.3. The number of nitrogens with zero attached hydrogens (tertiary/aromatic N) is 1. The summed E-state index contributed by atoms with van der Waals surface area (Å²) < 4.78 is 0. The molecule has 2 fully saturated rings. The minimum Gasteiger partial charge on any atom is -0.297 e. The molecule has 4 aliphatic rings. The Bertz CT molecular complexity index is 1070. The lowest BCUT2D eigenvalue weighted by atomic mass is 9.92. The molecule has 1 saturated heterocycles. The normalized spacial score (nSPS) is 23.9. The first-order chi connectivity index (χ1) is 14.2. The Morgan fingerprint density at radius 3 is 2.72 bits per heavy atom. The van der Waals surface area contributed by atoms with E-state index in [2.05, 4.69) is 47.4 Å². The van der Waals surface area contributed by atoms with Gasteiger partial charge in [-0.25, -0.2) is 0 Å². The molecule has 0 aromatic heterocycles. The Morgan fingerprint density at radius 2 is 1.86 bits per heavy atom. The molecule has 2 aliphatic carbocycles. The molecule has 0 spiro atoms. The Labute approximate surface area is 175 Å². The molecule has 2 unspecified atom stereocenters. The molecular weight excluding hydrogens is 378 g/mol. The monoisotopic (exact) mass is 401 g/mol. The van der Waals surface area contributed by atoms with Gasteiger partial charge in [0.25, 0.3) is 0 Å². The highest BCUT2D eigenvalue weighted by Crippen LogP contribution is 2.43. The molecule has 0 amide bonds. The summed E-state index contributed by atoms with van der Waals surface area (Å²) in [5, 5.41) is 0.497. The number of Topliss-reactive ketones (excluding diaryl/α,β-unsaturated/α-hetero) is 1. The molecule has 6 rings (SSSR count). The quantitative estimate of drug-likeness (QED) is 0.643. The number of benzene rings is 2. The van der Waals surface area contributed by atoms with E-state index in [4.69, 9.17) is 0 Å². The molecule has 1 saturated carbocycles. The maximum Gasteiger partial charge on any atom is 0.212 e. The number of piperidine rings is 1. The van der Waals surface area contributed by atoms with Gasteiger partial charge in [-0.15, -0.1) is 0 Å². The van der Waals surface area contributed by atoms with Crippen LogP contribution in [-0.4, -0.2) is 34.1 Å². The molecule has 3 nitrogen and oxygen atoms in total. The molecule has 29 heavy (non-hydrogen) atoms. The molecule has 2 aromatic carbocycles. The molecule has 146 valence electrons. The van der Waals surface area contributed by atoms with Gasteiger partial charge in [0, 0.05) is 24.3 Å². The Kier molecular flexibility index (Phi) is 4.07. The van der Waals surface area contributed by atoms with Gasteiger partial charge >= 0.3 is 0 Å². The summed E-state index contributed by atoms with van der Waals surface area (Å²) in [6, 6.07) is 15.1. The Balaban J connectivity index is 1.36. The molecule has 4 heteroatoms. The fourth-order valence-corrected chi connectivity index (χ4v) is 6.20. The van der Waals surface area contributed by atoms with Crippen LogP contribution in [0.25, 0.3) is 11.1 Å². The Morgan fingerprint density at radius 1 is 1.03 bits per heavy atom. The lowest BCUT2D eigenvalue weighted by molar-refractivity contribution is -0.125. The van der Waals surface area contributed by atoms with Gasteiger partial charge < -0.3 is 0 Å². The van der Waals surface area contributed by atoms with Crippen molar-refractivity contribution in [1.29, 1.82) is 0 Å². The van der Waals surface area contributed by atoms with E-state index in [-0.39, 0.29) is 17.1 Å². The summed E-state index contributed by atoms with van der Waals surface area (Å²) in [7, 11) is 0. The summed E-state index contributed by atoms with van der Waals surface area (Å²) >= 11 is 1.45. The van der Waals surface area contributed by atoms with Crippen LogP contribution < -0.4 is 0 Å². The van der Waals surface area contributed by atoms with Crippen LogP contribution in [0.1, 0.15) is 42.0 Å². The average Bonchev–Trinajstić information content (AvgIpc) is 3.41. The van der Waals surface area contributed by atoms with Gasteiger partial charge in [0.2, 0.25) is 5.12 Å². The SMILES string of the molecule is O=C1C=C2CN(C(C(=O)C3CC3)c3ccc4c(c3)Cc3ccccc3-4)CCC2S1. The van der Waals surface area contributed by atoms with Crippen molar-refractivity contribution in [2.75, 3.05) is 13.1 Å². The molecule has 0 radical (unpaired) electrons. The summed E-state index contributed by atoms with van der Waals surface area (Å²) in [4.78, 5) is 27.5. The van der Waals surface area contributed by atoms with Gasteiger partial charge in [-0.05, 0) is 65.1 Å². The van der Waals surface area contributed by atoms with Crippen molar-refractivity contribution in [2.24, 2.45) is 5.92 Å². The number of carbonyl (C=O) groups is 2. The summed E-state index contributed by atoms with van der Waals surface area (Å²) in [5.74, 6) is 0.591. The second kappa shape index (κ2) is 6.68. The number of thioether (sulfide) groups is 1. The van der Waals surface area contributed by atoms with Crippen molar-refractivity contribution in [1.82, 2.24) is 4.90 Å². The zero-order valence-electron chi connectivity index (χ0n) is 16.3. The largest absolute Gasteiger partial charge is 0.297 e. The first-order valence-corrected chi connectivity index (χ1v) is 11.5. The van der Waals surface area contributed by atoms with Crippen LogP contribution in [0.5, 0.6) is 0 Å². The number of fused-ring (bicyclic) bond motifs is 4. The maximum atomic E-state index is 13.3. The van der Waals surface area contributed by atoms with E-state index in [1.165, 1.54) is 39.6 Å². The highest BCUT2D eigenvalue weighted by Gasteiger charge is 2.41. The van der Waals surface area contributed by atoms with Crippen molar-refractivity contribution in [2.45, 2.75) is 37.0 Å². The van der Waals surface area contributed by atoms with Crippen LogP contribution in [-0.2, 0) is 16.0 Å².